The quantitative estimate of drug-likeness (QED) is 0.325. The maximum absolute atomic E-state index is 11.7. The SMILES string of the molecule is CC[C@@]12CC[C@@](CCOc3cccc(OC)c3)(O1)c1c2c(O)n(-c2ccc(C#N)c3ccccc23)c1O. The first-order valence-electron chi connectivity index (χ1n) is 12.5. The van der Waals surface area contributed by atoms with Crippen LogP contribution in [0.3, 0.4) is 0 Å². The topological polar surface area (TPSA) is 96.9 Å². The highest BCUT2D eigenvalue weighted by atomic mass is 16.5. The van der Waals surface area contributed by atoms with Crippen molar-refractivity contribution in [3.8, 4) is 35.0 Å². The molecule has 1 fully saturated rings. The van der Waals surface area contributed by atoms with E-state index >= 15 is 0 Å². The molecule has 3 aromatic carbocycles. The zero-order valence-corrected chi connectivity index (χ0v) is 20.8. The standard InChI is InChI=1S/C30H28N2O5/c1-3-29-13-14-30(37-29,15-16-36-21-8-6-7-20(17-21)35-2)26-25(29)27(33)32(28(26)34)24-12-11-19(18-31)22-9-4-5-10-23(22)24/h4-12,17,33-34H,3,13-16H2,1-2H3/t29-,30-/m0/s1. The van der Waals surface area contributed by atoms with Crippen molar-refractivity contribution in [2.24, 2.45) is 0 Å². The summed E-state index contributed by atoms with van der Waals surface area (Å²) in [5, 5.41) is 34.3. The van der Waals surface area contributed by atoms with Gasteiger partial charge in [-0.2, -0.15) is 5.26 Å². The minimum Gasteiger partial charge on any atom is -0.497 e. The summed E-state index contributed by atoms with van der Waals surface area (Å²) in [7, 11) is 1.62. The van der Waals surface area contributed by atoms with Crippen LogP contribution in [0.15, 0.2) is 60.7 Å². The largest absolute Gasteiger partial charge is 0.497 e. The summed E-state index contributed by atoms with van der Waals surface area (Å²) in [6.07, 6.45) is 2.66. The normalized spacial score (nSPS) is 21.6. The summed E-state index contributed by atoms with van der Waals surface area (Å²) in [4.78, 5) is 0. The Kier molecular flexibility index (Phi) is 5.32. The average Bonchev–Trinajstić information content (AvgIpc) is 3.54. The van der Waals surface area contributed by atoms with E-state index < -0.39 is 11.2 Å². The van der Waals surface area contributed by atoms with E-state index in [2.05, 4.69) is 6.07 Å². The van der Waals surface area contributed by atoms with Crippen LogP contribution < -0.4 is 9.47 Å². The smallest absolute Gasteiger partial charge is 0.205 e. The molecule has 4 aromatic rings. The lowest BCUT2D eigenvalue weighted by Crippen LogP contribution is -2.25. The molecule has 1 aromatic heterocycles. The third-order valence-corrected chi connectivity index (χ3v) is 8.00. The first-order chi connectivity index (χ1) is 18.0. The minimum atomic E-state index is -0.764. The highest BCUT2D eigenvalue weighted by molar-refractivity contribution is 5.95. The van der Waals surface area contributed by atoms with E-state index in [1.54, 1.807) is 19.2 Å². The van der Waals surface area contributed by atoms with Gasteiger partial charge in [0.05, 0.1) is 47.8 Å². The van der Waals surface area contributed by atoms with Gasteiger partial charge < -0.3 is 24.4 Å². The first kappa shape index (κ1) is 23.3. The fourth-order valence-electron chi connectivity index (χ4n) is 6.20. The number of methoxy groups -OCH3 is 1. The molecule has 2 aliphatic rings. The number of aromatic hydroxyl groups is 2. The van der Waals surface area contributed by atoms with Crippen LogP contribution in [0, 0.1) is 11.3 Å². The summed E-state index contributed by atoms with van der Waals surface area (Å²) < 4.78 is 19.5. The van der Waals surface area contributed by atoms with E-state index in [9.17, 15) is 15.5 Å². The Hall–Kier alpha value is -4.15. The fourth-order valence-corrected chi connectivity index (χ4v) is 6.20. The molecule has 0 radical (unpaired) electrons. The molecular weight excluding hydrogens is 468 g/mol. The van der Waals surface area contributed by atoms with Gasteiger partial charge in [-0.1, -0.05) is 37.3 Å². The van der Waals surface area contributed by atoms with Crippen LogP contribution in [0.4, 0.5) is 0 Å². The number of aromatic nitrogens is 1. The van der Waals surface area contributed by atoms with Crippen molar-refractivity contribution >= 4 is 10.8 Å². The van der Waals surface area contributed by atoms with Crippen LogP contribution in [0.2, 0.25) is 0 Å². The number of hydrogen-bond donors (Lipinski definition) is 2. The summed E-state index contributed by atoms with van der Waals surface area (Å²) in [6.45, 7) is 2.42. The molecule has 1 saturated heterocycles. The third kappa shape index (κ3) is 3.29. The zero-order chi connectivity index (χ0) is 25.8. The summed E-state index contributed by atoms with van der Waals surface area (Å²) in [5.41, 5.74) is 1.03. The van der Waals surface area contributed by atoms with Crippen molar-refractivity contribution in [3.63, 3.8) is 0 Å². The Morgan fingerprint density at radius 1 is 0.946 bits per heavy atom. The van der Waals surface area contributed by atoms with Crippen molar-refractivity contribution in [2.45, 2.75) is 43.8 Å². The molecule has 0 saturated carbocycles. The Bertz CT molecular complexity index is 1570. The van der Waals surface area contributed by atoms with Crippen molar-refractivity contribution < 1.29 is 24.4 Å². The molecular formula is C30H28N2O5. The van der Waals surface area contributed by atoms with Crippen molar-refractivity contribution in [1.82, 2.24) is 4.57 Å². The molecule has 7 heteroatoms. The molecule has 2 atom stereocenters. The summed E-state index contributed by atoms with van der Waals surface area (Å²) in [6, 6.07) is 20.7. The van der Waals surface area contributed by atoms with Crippen LogP contribution in [-0.2, 0) is 15.9 Å². The Morgan fingerprint density at radius 3 is 2.38 bits per heavy atom. The molecule has 7 nitrogen and oxygen atoms in total. The maximum Gasteiger partial charge on any atom is 0.205 e. The molecule has 2 bridgehead atoms. The molecule has 188 valence electrons. The summed E-state index contributed by atoms with van der Waals surface area (Å²) >= 11 is 0. The van der Waals surface area contributed by atoms with Gasteiger partial charge in [0.15, 0.2) is 0 Å². The fraction of sp³-hybridized carbons (Fsp3) is 0.300. The number of hydrogen-bond acceptors (Lipinski definition) is 6. The molecule has 37 heavy (non-hydrogen) atoms. The van der Waals surface area contributed by atoms with Crippen molar-refractivity contribution in [2.75, 3.05) is 13.7 Å². The van der Waals surface area contributed by atoms with E-state index in [0.29, 0.717) is 47.6 Å². The highest BCUT2D eigenvalue weighted by Crippen LogP contribution is 2.66. The maximum atomic E-state index is 11.7. The van der Waals surface area contributed by atoms with Gasteiger partial charge in [-0.05, 0) is 43.5 Å². The molecule has 0 spiro atoms. The minimum absolute atomic E-state index is 0.0144. The van der Waals surface area contributed by atoms with Gasteiger partial charge in [0.1, 0.15) is 17.1 Å². The van der Waals surface area contributed by atoms with Crippen molar-refractivity contribution in [1.29, 1.82) is 5.26 Å². The Labute approximate surface area is 215 Å². The van der Waals surface area contributed by atoms with Crippen LogP contribution in [0.1, 0.15) is 49.3 Å². The van der Waals surface area contributed by atoms with Gasteiger partial charge in [-0.3, -0.25) is 4.57 Å². The van der Waals surface area contributed by atoms with Gasteiger partial charge >= 0.3 is 0 Å². The van der Waals surface area contributed by atoms with Crippen LogP contribution in [0.5, 0.6) is 23.3 Å². The lowest BCUT2D eigenvalue weighted by Gasteiger charge is -2.27. The van der Waals surface area contributed by atoms with Gasteiger partial charge in [-0.25, -0.2) is 0 Å². The predicted octanol–water partition coefficient (Wildman–Crippen LogP) is 6.02. The predicted molar refractivity (Wildman–Crippen MR) is 138 cm³/mol. The zero-order valence-electron chi connectivity index (χ0n) is 20.8. The number of nitrogens with zero attached hydrogens (tertiary/aromatic N) is 2. The Balaban J connectivity index is 1.43. The lowest BCUT2D eigenvalue weighted by atomic mass is 9.76. The first-order valence-corrected chi connectivity index (χ1v) is 12.5. The van der Waals surface area contributed by atoms with Gasteiger partial charge in [0, 0.05) is 23.3 Å². The number of benzene rings is 3. The second kappa shape index (κ2) is 8.46. The number of nitriles is 1. The second-order valence-electron chi connectivity index (χ2n) is 9.74. The Morgan fingerprint density at radius 2 is 1.65 bits per heavy atom. The monoisotopic (exact) mass is 496 g/mol. The lowest BCUT2D eigenvalue weighted by molar-refractivity contribution is -0.0986. The number of ether oxygens (including phenoxy) is 3. The van der Waals surface area contributed by atoms with Crippen molar-refractivity contribution in [3.05, 3.63) is 77.4 Å². The molecule has 0 unspecified atom stereocenters. The second-order valence-corrected chi connectivity index (χ2v) is 9.74. The molecule has 0 aliphatic carbocycles. The molecule has 2 aliphatic heterocycles. The van der Waals surface area contributed by atoms with Crippen LogP contribution >= 0.6 is 0 Å². The van der Waals surface area contributed by atoms with E-state index in [4.69, 9.17) is 14.2 Å². The molecule has 3 heterocycles. The number of rotatable bonds is 7. The molecule has 2 N–H and O–H groups in total. The average molecular weight is 497 g/mol. The van der Waals surface area contributed by atoms with E-state index in [1.807, 2.05) is 55.5 Å². The van der Waals surface area contributed by atoms with Crippen LogP contribution in [-0.4, -0.2) is 28.5 Å². The van der Waals surface area contributed by atoms with E-state index in [0.717, 1.165) is 29.4 Å². The van der Waals surface area contributed by atoms with E-state index in [1.165, 1.54) is 4.57 Å². The number of fused-ring (bicyclic) bond motifs is 6. The molecule has 6 rings (SSSR count). The molecule has 0 amide bonds. The summed E-state index contributed by atoms with van der Waals surface area (Å²) in [5.74, 6) is 1.37. The third-order valence-electron chi connectivity index (χ3n) is 8.00. The van der Waals surface area contributed by atoms with Gasteiger partial charge in [-0.15, -0.1) is 0 Å². The van der Waals surface area contributed by atoms with Crippen LogP contribution in [0.25, 0.3) is 16.5 Å². The highest BCUT2D eigenvalue weighted by Gasteiger charge is 2.62. The van der Waals surface area contributed by atoms with Gasteiger partial charge in [0.25, 0.3) is 0 Å². The van der Waals surface area contributed by atoms with Gasteiger partial charge in [0.2, 0.25) is 11.8 Å². The van der Waals surface area contributed by atoms with E-state index in [-0.39, 0.29) is 11.8 Å².